The van der Waals surface area contributed by atoms with Crippen molar-refractivity contribution >= 4 is 11.6 Å². The number of nitrogens with zero attached hydrogens (tertiary/aromatic N) is 7. The molecule has 2 heterocycles. The molecule has 0 saturated heterocycles. The Kier molecular flexibility index (Phi) is 4.17. The number of rotatable bonds is 5. The predicted octanol–water partition coefficient (Wildman–Crippen LogP) is 1.55. The molecule has 0 bridgehead atoms. The summed E-state index contributed by atoms with van der Waals surface area (Å²) in [5, 5.41) is 17.9. The topological polar surface area (TPSA) is 103 Å². The molecule has 9 heteroatoms. The fourth-order valence-electron chi connectivity index (χ4n) is 2.44. The van der Waals surface area contributed by atoms with Crippen molar-refractivity contribution in [1.82, 2.24) is 35.0 Å². The van der Waals surface area contributed by atoms with E-state index in [1.54, 1.807) is 40.0 Å². The molecule has 2 aromatic heterocycles. The first-order chi connectivity index (χ1) is 12.8. The van der Waals surface area contributed by atoms with Crippen LogP contribution < -0.4 is 5.32 Å². The van der Waals surface area contributed by atoms with Crippen LogP contribution in [0.25, 0.3) is 5.69 Å². The van der Waals surface area contributed by atoms with E-state index in [4.69, 9.17) is 0 Å². The van der Waals surface area contributed by atoms with E-state index < -0.39 is 0 Å². The Morgan fingerprint density at radius 2 is 1.81 bits per heavy atom. The largest absolute Gasteiger partial charge is 0.322 e. The zero-order chi connectivity index (χ0) is 17.8. The molecule has 0 aliphatic heterocycles. The third-order valence-corrected chi connectivity index (χ3v) is 3.77. The van der Waals surface area contributed by atoms with Crippen LogP contribution in [0.5, 0.6) is 0 Å². The highest BCUT2D eigenvalue weighted by Crippen LogP contribution is 2.14. The predicted molar refractivity (Wildman–Crippen MR) is 92.7 cm³/mol. The second-order valence-corrected chi connectivity index (χ2v) is 5.55. The average molecular weight is 346 g/mol. The number of benzene rings is 2. The number of carbonyl (C=O) groups is 1. The van der Waals surface area contributed by atoms with Gasteiger partial charge in [-0.1, -0.05) is 12.1 Å². The van der Waals surface area contributed by atoms with Crippen LogP contribution in [0.4, 0.5) is 5.69 Å². The third kappa shape index (κ3) is 3.46. The minimum atomic E-state index is -0.174. The Morgan fingerprint density at radius 3 is 2.46 bits per heavy atom. The molecule has 1 amide bonds. The first-order valence-corrected chi connectivity index (χ1v) is 7.84. The molecule has 0 spiro atoms. The van der Waals surface area contributed by atoms with Crippen LogP contribution in [0.3, 0.4) is 0 Å². The van der Waals surface area contributed by atoms with Crippen molar-refractivity contribution in [3.63, 3.8) is 0 Å². The molecule has 0 aliphatic carbocycles. The Morgan fingerprint density at radius 1 is 1.00 bits per heavy atom. The van der Waals surface area contributed by atoms with Crippen LogP contribution in [0.2, 0.25) is 0 Å². The number of aromatic nitrogens is 7. The monoisotopic (exact) mass is 346 g/mol. The summed E-state index contributed by atoms with van der Waals surface area (Å²) >= 11 is 0. The highest BCUT2D eigenvalue weighted by molar-refractivity contribution is 6.04. The van der Waals surface area contributed by atoms with E-state index >= 15 is 0 Å². The fourth-order valence-corrected chi connectivity index (χ4v) is 2.44. The maximum atomic E-state index is 12.4. The van der Waals surface area contributed by atoms with Gasteiger partial charge in [0.2, 0.25) is 0 Å². The number of hydrogen-bond donors (Lipinski definition) is 1. The summed E-state index contributed by atoms with van der Waals surface area (Å²) in [4.78, 5) is 16.3. The molecule has 1 N–H and O–H groups in total. The summed E-state index contributed by atoms with van der Waals surface area (Å²) in [7, 11) is 0. The van der Waals surface area contributed by atoms with Crippen molar-refractivity contribution in [2.45, 2.75) is 6.54 Å². The van der Waals surface area contributed by atoms with Gasteiger partial charge in [0.05, 0.1) is 12.2 Å². The van der Waals surface area contributed by atoms with E-state index in [9.17, 15) is 4.79 Å². The molecule has 128 valence electrons. The van der Waals surface area contributed by atoms with Gasteiger partial charge >= 0.3 is 0 Å². The smallest absolute Gasteiger partial charge is 0.255 e. The van der Waals surface area contributed by atoms with Gasteiger partial charge in [-0.15, -0.1) is 5.10 Å². The van der Waals surface area contributed by atoms with Gasteiger partial charge in [-0.2, -0.15) is 5.10 Å². The van der Waals surface area contributed by atoms with Crippen LogP contribution in [-0.2, 0) is 6.54 Å². The number of hydrogen-bond acceptors (Lipinski definition) is 6. The summed E-state index contributed by atoms with van der Waals surface area (Å²) in [6.45, 7) is 0.612. The van der Waals surface area contributed by atoms with Crippen LogP contribution >= 0.6 is 0 Å². The Labute approximate surface area is 148 Å². The molecule has 0 saturated carbocycles. The van der Waals surface area contributed by atoms with Crippen LogP contribution in [0.15, 0.2) is 67.5 Å². The first kappa shape index (κ1) is 15.6. The van der Waals surface area contributed by atoms with Gasteiger partial charge < -0.3 is 5.32 Å². The zero-order valence-electron chi connectivity index (χ0n) is 13.6. The van der Waals surface area contributed by atoms with E-state index in [1.165, 1.54) is 12.7 Å². The average Bonchev–Trinajstić information content (AvgIpc) is 3.37. The molecule has 0 radical (unpaired) electrons. The number of anilines is 1. The number of nitrogens with one attached hydrogen (secondary N) is 1. The third-order valence-electron chi connectivity index (χ3n) is 3.77. The van der Waals surface area contributed by atoms with Gasteiger partial charge in [0.25, 0.3) is 5.91 Å². The molecule has 4 aromatic rings. The van der Waals surface area contributed by atoms with Crippen molar-refractivity contribution in [1.29, 1.82) is 0 Å². The molecule has 9 nitrogen and oxygen atoms in total. The second-order valence-electron chi connectivity index (χ2n) is 5.55. The van der Waals surface area contributed by atoms with Crippen LogP contribution in [0.1, 0.15) is 15.9 Å². The van der Waals surface area contributed by atoms with Gasteiger partial charge in [0.15, 0.2) is 0 Å². The van der Waals surface area contributed by atoms with Gasteiger partial charge in [-0.05, 0) is 52.4 Å². The molecular formula is C17H14N8O. The number of tetrazole rings is 1. The second kappa shape index (κ2) is 6.93. The lowest BCUT2D eigenvalue weighted by molar-refractivity contribution is 0.102. The number of amides is 1. The highest BCUT2D eigenvalue weighted by atomic mass is 16.1. The van der Waals surface area contributed by atoms with E-state index in [1.807, 2.05) is 24.3 Å². The summed E-state index contributed by atoms with van der Waals surface area (Å²) in [5.74, 6) is -0.174. The highest BCUT2D eigenvalue weighted by Gasteiger charge is 2.07. The minimum absolute atomic E-state index is 0.174. The molecule has 0 fully saturated rings. The van der Waals surface area contributed by atoms with Gasteiger partial charge in [0.1, 0.15) is 19.0 Å². The summed E-state index contributed by atoms with van der Waals surface area (Å²) < 4.78 is 3.26. The molecular weight excluding hydrogens is 332 g/mol. The van der Waals surface area contributed by atoms with Gasteiger partial charge in [0, 0.05) is 11.3 Å². The molecule has 0 atom stereocenters. The van der Waals surface area contributed by atoms with E-state index in [0.29, 0.717) is 17.8 Å². The van der Waals surface area contributed by atoms with E-state index in [0.717, 1.165) is 11.3 Å². The first-order valence-electron chi connectivity index (χ1n) is 7.84. The SMILES string of the molecule is O=C(Nc1ccc(-n2cnnn2)cc1)c1ccc(Cn2cncn2)cc1. The maximum Gasteiger partial charge on any atom is 0.255 e. The molecule has 26 heavy (non-hydrogen) atoms. The van der Waals surface area contributed by atoms with Crippen LogP contribution in [0, 0.1) is 0 Å². The van der Waals surface area contributed by atoms with Crippen molar-refractivity contribution in [2.24, 2.45) is 0 Å². The maximum absolute atomic E-state index is 12.4. The van der Waals surface area contributed by atoms with Crippen molar-refractivity contribution in [3.8, 4) is 5.69 Å². The van der Waals surface area contributed by atoms with Crippen LogP contribution in [-0.4, -0.2) is 40.9 Å². The minimum Gasteiger partial charge on any atom is -0.322 e. The van der Waals surface area contributed by atoms with Crippen molar-refractivity contribution in [2.75, 3.05) is 5.32 Å². The lowest BCUT2D eigenvalue weighted by atomic mass is 10.1. The summed E-state index contributed by atoms with van der Waals surface area (Å²) in [6, 6.07) is 14.6. The fraction of sp³-hybridized carbons (Fsp3) is 0.0588. The van der Waals surface area contributed by atoms with Crippen molar-refractivity contribution in [3.05, 3.63) is 78.6 Å². The standard InChI is InChI=1S/C17H14N8O/c26-17(14-3-1-13(2-4-14)9-24-11-18-10-20-24)21-15-5-7-16(8-6-15)25-12-19-22-23-25/h1-8,10-12H,9H2,(H,21,26). The normalized spacial score (nSPS) is 10.6. The Hall–Kier alpha value is -3.88. The Bertz CT molecular complexity index is 976. The lowest BCUT2D eigenvalue weighted by Crippen LogP contribution is -2.12. The molecule has 0 aliphatic rings. The number of carbonyl (C=O) groups excluding carboxylic acids is 1. The molecule has 4 rings (SSSR count). The van der Waals surface area contributed by atoms with E-state index in [-0.39, 0.29) is 5.91 Å². The van der Waals surface area contributed by atoms with Gasteiger partial charge in [-0.3, -0.25) is 4.79 Å². The Balaban J connectivity index is 1.41. The summed E-state index contributed by atoms with van der Waals surface area (Å²) in [6.07, 6.45) is 4.65. The zero-order valence-corrected chi connectivity index (χ0v) is 13.6. The lowest BCUT2D eigenvalue weighted by Gasteiger charge is -2.07. The molecule has 2 aromatic carbocycles. The quantitative estimate of drug-likeness (QED) is 0.588. The van der Waals surface area contributed by atoms with Gasteiger partial charge in [-0.25, -0.2) is 14.3 Å². The summed E-state index contributed by atoms with van der Waals surface area (Å²) in [5.41, 5.74) is 3.12. The van der Waals surface area contributed by atoms with Crippen molar-refractivity contribution < 1.29 is 4.79 Å². The molecule has 0 unspecified atom stereocenters. The van der Waals surface area contributed by atoms with E-state index in [2.05, 4.69) is 30.9 Å².